The lowest BCUT2D eigenvalue weighted by Gasteiger charge is -2.13. The maximum atomic E-state index is 12.1. The highest BCUT2D eigenvalue weighted by atomic mass is 16.5. The van der Waals surface area contributed by atoms with Crippen molar-refractivity contribution in [3.8, 4) is 11.5 Å². The van der Waals surface area contributed by atoms with Gasteiger partial charge < -0.3 is 20.1 Å². The van der Waals surface area contributed by atoms with Crippen molar-refractivity contribution in [1.29, 1.82) is 0 Å². The molecule has 2 aromatic carbocycles. The van der Waals surface area contributed by atoms with Gasteiger partial charge in [-0.1, -0.05) is 28.9 Å². The zero-order chi connectivity index (χ0) is 19.8. The highest BCUT2D eigenvalue weighted by Gasteiger charge is 2.10. The Balaban J connectivity index is 1.58. The number of carbonyl (C=O) groups excluding carboxylic acids is 1. The van der Waals surface area contributed by atoms with Crippen molar-refractivity contribution in [2.75, 3.05) is 23.8 Å². The minimum atomic E-state index is -0.242. The number of tetrazole rings is 1. The molecule has 0 atom stereocenters. The number of H-pyrrole nitrogens is 1. The first kappa shape index (κ1) is 19.2. The summed E-state index contributed by atoms with van der Waals surface area (Å²) in [4.78, 5) is 12.1. The Bertz CT molecular complexity index is 897. The van der Waals surface area contributed by atoms with Gasteiger partial charge in [0.05, 0.1) is 6.61 Å². The van der Waals surface area contributed by atoms with Crippen molar-refractivity contribution in [2.45, 2.75) is 20.4 Å². The fourth-order valence-corrected chi connectivity index (χ4v) is 2.45. The molecule has 0 aliphatic heterocycles. The van der Waals surface area contributed by atoms with Crippen molar-refractivity contribution in [3.63, 3.8) is 0 Å². The predicted octanol–water partition coefficient (Wildman–Crippen LogP) is 2.54. The summed E-state index contributed by atoms with van der Waals surface area (Å²) < 4.78 is 11.3. The Morgan fingerprint density at radius 3 is 2.64 bits per heavy atom. The molecule has 0 aliphatic rings. The largest absolute Gasteiger partial charge is 0.490 e. The van der Waals surface area contributed by atoms with Crippen LogP contribution in [0, 0.1) is 6.92 Å². The quantitative estimate of drug-likeness (QED) is 0.521. The van der Waals surface area contributed by atoms with Gasteiger partial charge in [-0.25, -0.2) is 0 Å². The molecule has 28 heavy (non-hydrogen) atoms. The maximum Gasteiger partial charge on any atom is 0.263 e. The summed E-state index contributed by atoms with van der Waals surface area (Å²) in [5.74, 6) is 1.24. The van der Waals surface area contributed by atoms with Gasteiger partial charge in [0.1, 0.15) is 0 Å². The molecule has 0 fully saturated rings. The molecule has 1 aromatic heterocycles. The summed E-state index contributed by atoms with van der Waals surface area (Å²) in [5, 5.41) is 19.4. The van der Waals surface area contributed by atoms with Crippen LogP contribution in [-0.2, 0) is 11.3 Å². The lowest BCUT2D eigenvalue weighted by atomic mass is 10.2. The number of nitrogens with zero attached hydrogens (tertiary/aromatic N) is 3. The van der Waals surface area contributed by atoms with Gasteiger partial charge in [0.15, 0.2) is 18.1 Å². The van der Waals surface area contributed by atoms with Crippen molar-refractivity contribution in [1.82, 2.24) is 20.6 Å². The van der Waals surface area contributed by atoms with E-state index < -0.39 is 0 Å². The van der Waals surface area contributed by atoms with Crippen LogP contribution in [-0.4, -0.2) is 39.7 Å². The van der Waals surface area contributed by atoms with Gasteiger partial charge in [0.25, 0.3) is 11.9 Å². The van der Waals surface area contributed by atoms with Gasteiger partial charge in [-0.05, 0) is 48.9 Å². The average molecular weight is 382 g/mol. The second kappa shape index (κ2) is 9.36. The van der Waals surface area contributed by atoms with Crippen molar-refractivity contribution < 1.29 is 14.3 Å². The van der Waals surface area contributed by atoms with Crippen molar-refractivity contribution in [2.24, 2.45) is 0 Å². The summed E-state index contributed by atoms with van der Waals surface area (Å²) in [6, 6.07) is 13.1. The number of hydrogen-bond acceptors (Lipinski definition) is 7. The molecule has 0 saturated heterocycles. The van der Waals surface area contributed by atoms with E-state index in [0.29, 0.717) is 30.6 Å². The normalized spacial score (nSPS) is 10.4. The molecule has 0 unspecified atom stereocenters. The van der Waals surface area contributed by atoms with E-state index in [4.69, 9.17) is 9.47 Å². The smallest absolute Gasteiger partial charge is 0.263 e. The van der Waals surface area contributed by atoms with E-state index in [1.807, 2.05) is 50.2 Å². The van der Waals surface area contributed by atoms with Crippen LogP contribution in [0.4, 0.5) is 11.6 Å². The molecule has 0 saturated carbocycles. The van der Waals surface area contributed by atoms with E-state index in [2.05, 4.69) is 31.3 Å². The number of aromatic nitrogens is 4. The number of hydrogen-bond donors (Lipinski definition) is 3. The number of anilines is 2. The van der Waals surface area contributed by atoms with Crippen LogP contribution < -0.4 is 20.1 Å². The molecule has 9 heteroatoms. The summed E-state index contributed by atoms with van der Waals surface area (Å²) >= 11 is 0. The molecule has 0 radical (unpaired) electrons. The zero-order valence-electron chi connectivity index (χ0n) is 15.7. The van der Waals surface area contributed by atoms with Gasteiger partial charge in [-0.2, -0.15) is 5.21 Å². The van der Waals surface area contributed by atoms with Crippen LogP contribution in [0.5, 0.6) is 11.5 Å². The first-order valence-electron chi connectivity index (χ1n) is 8.86. The van der Waals surface area contributed by atoms with Gasteiger partial charge in [0, 0.05) is 12.2 Å². The summed E-state index contributed by atoms with van der Waals surface area (Å²) in [6.07, 6.45) is 0. The first-order valence-corrected chi connectivity index (χ1v) is 8.86. The Kier molecular flexibility index (Phi) is 6.40. The number of aromatic amines is 1. The predicted molar refractivity (Wildman–Crippen MR) is 104 cm³/mol. The fourth-order valence-electron chi connectivity index (χ4n) is 2.45. The molecule has 3 N–H and O–H groups in total. The average Bonchev–Trinajstić information content (AvgIpc) is 3.21. The van der Waals surface area contributed by atoms with Crippen LogP contribution >= 0.6 is 0 Å². The van der Waals surface area contributed by atoms with Gasteiger partial charge in [-0.15, -0.1) is 5.10 Å². The Hall–Kier alpha value is -3.62. The highest BCUT2D eigenvalue weighted by Crippen LogP contribution is 2.28. The van der Waals surface area contributed by atoms with Gasteiger partial charge in [0.2, 0.25) is 0 Å². The van der Waals surface area contributed by atoms with Crippen LogP contribution in [0.3, 0.4) is 0 Å². The molecule has 1 amide bonds. The molecule has 0 bridgehead atoms. The monoisotopic (exact) mass is 382 g/mol. The van der Waals surface area contributed by atoms with E-state index in [1.54, 1.807) is 6.07 Å². The number of benzene rings is 2. The van der Waals surface area contributed by atoms with Crippen LogP contribution in [0.25, 0.3) is 0 Å². The second-order valence-electron chi connectivity index (χ2n) is 6.01. The topological polar surface area (TPSA) is 114 Å². The molecule has 1 heterocycles. The van der Waals surface area contributed by atoms with Gasteiger partial charge in [-0.3, -0.25) is 4.79 Å². The molecular formula is C19H22N6O3. The van der Waals surface area contributed by atoms with Crippen LogP contribution in [0.2, 0.25) is 0 Å². The molecule has 146 valence electrons. The van der Waals surface area contributed by atoms with Crippen LogP contribution in [0.1, 0.15) is 18.1 Å². The lowest BCUT2D eigenvalue weighted by molar-refractivity contribution is -0.118. The number of carbonyl (C=O) groups is 1. The Morgan fingerprint density at radius 2 is 1.93 bits per heavy atom. The lowest BCUT2D eigenvalue weighted by Crippen LogP contribution is -2.20. The summed E-state index contributed by atoms with van der Waals surface area (Å²) in [5.41, 5.74) is 2.81. The number of ether oxygens (including phenoxy) is 2. The van der Waals surface area contributed by atoms with E-state index >= 15 is 0 Å². The van der Waals surface area contributed by atoms with Crippen molar-refractivity contribution >= 4 is 17.5 Å². The zero-order valence-corrected chi connectivity index (χ0v) is 15.7. The molecule has 3 aromatic rings. The van der Waals surface area contributed by atoms with E-state index in [-0.39, 0.29) is 12.5 Å². The minimum absolute atomic E-state index is 0.117. The number of rotatable bonds is 9. The second-order valence-corrected chi connectivity index (χ2v) is 6.01. The minimum Gasteiger partial charge on any atom is -0.490 e. The van der Waals surface area contributed by atoms with E-state index in [1.165, 1.54) is 0 Å². The summed E-state index contributed by atoms with van der Waals surface area (Å²) in [7, 11) is 0. The molecule has 0 spiro atoms. The molecule has 3 rings (SSSR count). The number of nitrogens with one attached hydrogen (secondary N) is 3. The fraction of sp³-hybridized carbons (Fsp3) is 0.263. The van der Waals surface area contributed by atoms with Crippen LogP contribution in [0.15, 0.2) is 42.5 Å². The highest BCUT2D eigenvalue weighted by molar-refractivity contribution is 5.91. The summed E-state index contributed by atoms with van der Waals surface area (Å²) in [6.45, 7) is 4.74. The number of amides is 1. The SMILES string of the molecule is CCOc1cc(CNc2nn[nH]n2)ccc1OCC(=O)Nc1ccc(C)cc1. The Labute approximate surface area is 162 Å². The standard InChI is InChI=1S/C19H22N6O3/c1-3-27-17-10-14(11-20-19-22-24-25-23-19)6-9-16(17)28-12-18(26)21-15-7-4-13(2)5-8-15/h4-10H,3,11-12H2,1-2H3,(H,21,26)(H2,20,22,23,24,25). The van der Waals surface area contributed by atoms with Gasteiger partial charge >= 0.3 is 0 Å². The number of aryl methyl sites for hydroxylation is 1. The maximum absolute atomic E-state index is 12.1. The third kappa shape index (κ3) is 5.44. The van der Waals surface area contributed by atoms with E-state index in [0.717, 1.165) is 16.8 Å². The van der Waals surface area contributed by atoms with Crippen molar-refractivity contribution in [3.05, 3.63) is 53.6 Å². The molecule has 9 nitrogen and oxygen atoms in total. The first-order chi connectivity index (χ1) is 13.6. The third-order valence-corrected chi connectivity index (χ3v) is 3.80. The third-order valence-electron chi connectivity index (χ3n) is 3.80. The molecular weight excluding hydrogens is 360 g/mol. The Morgan fingerprint density at radius 1 is 1.11 bits per heavy atom. The molecule has 0 aliphatic carbocycles. The van der Waals surface area contributed by atoms with E-state index in [9.17, 15) is 4.79 Å².